The number of benzene rings is 1. The van der Waals surface area contributed by atoms with E-state index in [0.29, 0.717) is 17.0 Å². The fraction of sp³-hybridized carbons (Fsp3) is 0.429. The third-order valence-electron chi connectivity index (χ3n) is 2.64. The van der Waals surface area contributed by atoms with Gasteiger partial charge in [0.1, 0.15) is 0 Å². The normalized spacial score (nSPS) is 10.5. The van der Waals surface area contributed by atoms with E-state index in [1.165, 1.54) is 4.90 Å². The molecule has 0 radical (unpaired) electrons. The number of amides is 2. The van der Waals surface area contributed by atoms with E-state index in [0.717, 1.165) is 4.47 Å². The summed E-state index contributed by atoms with van der Waals surface area (Å²) in [5, 5.41) is 2.78. The van der Waals surface area contributed by atoms with Crippen molar-refractivity contribution in [1.82, 2.24) is 10.2 Å². The van der Waals surface area contributed by atoms with Crippen molar-refractivity contribution < 1.29 is 9.59 Å². The number of likely N-dealkylation sites (N-methyl/N-ethyl adjacent to an activating group) is 1. The van der Waals surface area contributed by atoms with Crippen LogP contribution in [0.2, 0.25) is 0 Å². The zero-order chi connectivity index (χ0) is 15.3. The summed E-state index contributed by atoms with van der Waals surface area (Å²) in [7, 11) is 0. The number of rotatable bonds is 5. The van der Waals surface area contributed by atoms with E-state index in [9.17, 15) is 9.59 Å². The SMILES string of the molecule is CCN(CC(=O)NC(C)C)C(=O)c1ccc(Br)cc1S. The Morgan fingerprint density at radius 3 is 2.55 bits per heavy atom. The van der Waals surface area contributed by atoms with Gasteiger partial charge in [-0.2, -0.15) is 0 Å². The molecule has 1 N–H and O–H groups in total. The van der Waals surface area contributed by atoms with E-state index in [-0.39, 0.29) is 24.4 Å². The van der Waals surface area contributed by atoms with Crippen LogP contribution in [0, 0.1) is 0 Å². The average Bonchev–Trinajstić information content (AvgIpc) is 2.34. The van der Waals surface area contributed by atoms with Crippen LogP contribution in [0.5, 0.6) is 0 Å². The molecule has 0 saturated heterocycles. The highest BCUT2D eigenvalue weighted by Gasteiger charge is 2.19. The van der Waals surface area contributed by atoms with E-state index in [2.05, 4.69) is 33.9 Å². The molecular formula is C14H19BrN2O2S. The van der Waals surface area contributed by atoms with Crippen molar-refractivity contribution in [2.45, 2.75) is 31.7 Å². The number of hydrogen-bond donors (Lipinski definition) is 2. The van der Waals surface area contributed by atoms with E-state index < -0.39 is 0 Å². The number of nitrogens with one attached hydrogen (secondary N) is 1. The van der Waals surface area contributed by atoms with Crippen LogP contribution >= 0.6 is 28.6 Å². The van der Waals surface area contributed by atoms with Crippen molar-refractivity contribution >= 4 is 40.4 Å². The summed E-state index contributed by atoms with van der Waals surface area (Å²) in [5.41, 5.74) is 0.496. The monoisotopic (exact) mass is 358 g/mol. The molecule has 1 aromatic rings. The Labute approximate surface area is 133 Å². The molecule has 0 spiro atoms. The minimum atomic E-state index is -0.191. The molecule has 0 unspecified atom stereocenters. The number of carbonyl (C=O) groups excluding carboxylic acids is 2. The molecule has 0 aliphatic heterocycles. The standard InChI is InChI=1S/C14H19BrN2O2S/c1-4-17(8-13(18)16-9(2)3)14(19)11-6-5-10(15)7-12(11)20/h5-7,9,20H,4,8H2,1-3H3,(H,16,18). The van der Waals surface area contributed by atoms with Crippen LogP contribution in [0.4, 0.5) is 0 Å². The first-order valence-electron chi connectivity index (χ1n) is 6.42. The maximum atomic E-state index is 12.4. The Kier molecular flexibility index (Phi) is 6.55. The van der Waals surface area contributed by atoms with Crippen LogP contribution in [0.3, 0.4) is 0 Å². The lowest BCUT2D eigenvalue weighted by Crippen LogP contribution is -2.42. The average molecular weight is 359 g/mol. The van der Waals surface area contributed by atoms with Crippen LogP contribution in [0.15, 0.2) is 27.6 Å². The van der Waals surface area contributed by atoms with E-state index in [1.54, 1.807) is 18.2 Å². The van der Waals surface area contributed by atoms with Crippen LogP contribution in [0.25, 0.3) is 0 Å². The van der Waals surface area contributed by atoms with E-state index >= 15 is 0 Å². The maximum Gasteiger partial charge on any atom is 0.255 e. The molecule has 0 bridgehead atoms. The van der Waals surface area contributed by atoms with Crippen molar-refractivity contribution in [2.75, 3.05) is 13.1 Å². The smallest absolute Gasteiger partial charge is 0.255 e. The summed E-state index contributed by atoms with van der Waals surface area (Å²) in [5.74, 6) is -0.350. The molecule has 0 fully saturated rings. The van der Waals surface area contributed by atoms with Gasteiger partial charge in [-0.05, 0) is 39.0 Å². The van der Waals surface area contributed by atoms with Gasteiger partial charge in [0.25, 0.3) is 5.91 Å². The predicted molar refractivity (Wildman–Crippen MR) is 86.3 cm³/mol. The van der Waals surface area contributed by atoms with Crippen molar-refractivity contribution in [3.8, 4) is 0 Å². The van der Waals surface area contributed by atoms with Gasteiger partial charge in [-0.3, -0.25) is 9.59 Å². The molecule has 0 saturated carbocycles. The van der Waals surface area contributed by atoms with Gasteiger partial charge in [0.2, 0.25) is 5.91 Å². The van der Waals surface area contributed by atoms with Gasteiger partial charge in [0, 0.05) is 22.0 Å². The van der Waals surface area contributed by atoms with Gasteiger partial charge < -0.3 is 10.2 Å². The summed E-state index contributed by atoms with van der Waals surface area (Å²) in [4.78, 5) is 26.3. The molecule has 2 amide bonds. The summed E-state index contributed by atoms with van der Waals surface area (Å²) in [6.07, 6.45) is 0. The maximum absolute atomic E-state index is 12.4. The molecule has 0 aliphatic carbocycles. The number of halogens is 1. The third-order valence-corrected chi connectivity index (χ3v) is 3.51. The number of thiol groups is 1. The fourth-order valence-corrected chi connectivity index (χ4v) is 2.57. The molecule has 4 nitrogen and oxygen atoms in total. The van der Waals surface area contributed by atoms with Gasteiger partial charge in [-0.25, -0.2) is 0 Å². The Bertz CT molecular complexity index is 506. The highest BCUT2D eigenvalue weighted by molar-refractivity contribution is 9.10. The Morgan fingerprint density at radius 1 is 1.40 bits per heavy atom. The first-order chi connectivity index (χ1) is 9.35. The first kappa shape index (κ1) is 17.0. The highest BCUT2D eigenvalue weighted by atomic mass is 79.9. The van der Waals surface area contributed by atoms with Crippen LogP contribution in [0.1, 0.15) is 31.1 Å². The minimum Gasteiger partial charge on any atom is -0.352 e. The minimum absolute atomic E-state index is 0.0524. The second-order valence-corrected chi connectivity index (χ2v) is 6.10. The summed E-state index contributed by atoms with van der Waals surface area (Å²) in [6, 6.07) is 5.31. The van der Waals surface area contributed by atoms with Crippen molar-refractivity contribution in [1.29, 1.82) is 0 Å². The summed E-state index contributed by atoms with van der Waals surface area (Å²) in [6.45, 7) is 6.13. The van der Waals surface area contributed by atoms with Gasteiger partial charge in [-0.1, -0.05) is 15.9 Å². The largest absolute Gasteiger partial charge is 0.352 e. The molecule has 0 heterocycles. The predicted octanol–water partition coefficient (Wildman–Crippen LogP) is 2.72. The topological polar surface area (TPSA) is 49.4 Å². The quantitative estimate of drug-likeness (QED) is 0.795. The number of hydrogen-bond acceptors (Lipinski definition) is 3. The van der Waals surface area contributed by atoms with Crippen molar-refractivity contribution in [2.24, 2.45) is 0 Å². The number of carbonyl (C=O) groups is 2. The van der Waals surface area contributed by atoms with Crippen LogP contribution in [-0.4, -0.2) is 35.8 Å². The molecule has 0 aromatic heterocycles. The number of nitrogens with zero attached hydrogens (tertiary/aromatic N) is 1. The second-order valence-electron chi connectivity index (χ2n) is 4.70. The summed E-state index contributed by atoms with van der Waals surface area (Å²) < 4.78 is 0.861. The van der Waals surface area contributed by atoms with E-state index in [1.807, 2.05) is 20.8 Å². The second kappa shape index (κ2) is 7.69. The van der Waals surface area contributed by atoms with Gasteiger partial charge in [0.05, 0.1) is 12.1 Å². The molecular weight excluding hydrogens is 340 g/mol. The van der Waals surface area contributed by atoms with Crippen LogP contribution < -0.4 is 5.32 Å². The zero-order valence-electron chi connectivity index (χ0n) is 11.8. The lowest BCUT2D eigenvalue weighted by molar-refractivity contribution is -0.122. The summed E-state index contributed by atoms with van der Waals surface area (Å²) >= 11 is 7.64. The Balaban J connectivity index is 2.84. The zero-order valence-corrected chi connectivity index (χ0v) is 14.3. The van der Waals surface area contributed by atoms with Gasteiger partial charge >= 0.3 is 0 Å². The lowest BCUT2D eigenvalue weighted by Gasteiger charge is -2.22. The fourth-order valence-electron chi connectivity index (χ4n) is 1.72. The van der Waals surface area contributed by atoms with E-state index in [4.69, 9.17) is 0 Å². The third kappa shape index (κ3) is 4.83. The molecule has 6 heteroatoms. The molecule has 1 rings (SSSR count). The van der Waals surface area contributed by atoms with Crippen LogP contribution in [-0.2, 0) is 4.79 Å². The first-order valence-corrected chi connectivity index (χ1v) is 7.66. The molecule has 20 heavy (non-hydrogen) atoms. The molecule has 0 aliphatic rings. The molecule has 0 atom stereocenters. The molecule has 1 aromatic carbocycles. The lowest BCUT2D eigenvalue weighted by atomic mass is 10.2. The van der Waals surface area contributed by atoms with Gasteiger partial charge in [-0.15, -0.1) is 12.6 Å². The Hall–Kier alpha value is -1.01. The highest BCUT2D eigenvalue weighted by Crippen LogP contribution is 2.21. The van der Waals surface area contributed by atoms with Gasteiger partial charge in [0.15, 0.2) is 0 Å². The Morgan fingerprint density at radius 2 is 2.05 bits per heavy atom. The van der Waals surface area contributed by atoms with Crippen molar-refractivity contribution in [3.63, 3.8) is 0 Å². The molecule has 110 valence electrons. The van der Waals surface area contributed by atoms with Crippen molar-refractivity contribution in [3.05, 3.63) is 28.2 Å².